The van der Waals surface area contributed by atoms with Gasteiger partial charge >= 0.3 is 0 Å². The third kappa shape index (κ3) is 4.43. The third-order valence-electron chi connectivity index (χ3n) is 6.22. The molecule has 5 rings (SSSR count). The predicted octanol–water partition coefficient (Wildman–Crippen LogP) is 4.52. The van der Waals surface area contributed by atoms with Crippen molar-refractivity contribution in [3.63, 3.8) is 0 Å². The summed E-state index contributed by atoms with van der Waals surface area (Å²) in [5.74, 6) is -0.0942. The molecule has 0 spiro atoms. The maximum Gasteiger partial charge on any atom is 0.219 e. The van der Waals surface area contributed by atoms with E-state index in [1.54, 1.807) is 23.4 Å². The largest absolute Gasteiger partial charge is 0.384 e. The van der Waals surface area contributed by atoms with Crippen molar-refractivity contribution in [2.75, 3.05) is 10.7 Å². The molecule has 1 aliphatic heterocycles. The number of nitrogens with two attached hydrogens (primary N) is 1. The Balaban J connectivity index is 1.46. The lowest BCUT2D eigenvalue weighted by Gasteiger charge is -2.37. The lowest BCUT2D eigenvalue weighted by Crippen LogP contribution is -2.38. The van der Waals surface area contributed by atoms with Gasteiger partial charge in [-0.25, -0.2) is 0 Å². The number of aryl methyl sites for hydroxylation is 1. The number of nitriles is 1. The molecule has 10 heteroatoms. The van der Waals surface area contributed by atoms with Gasteiger partial charge in [0.1, 0.15) is 5.82 Å². The van der Waals surface area contributed by atoms with E-state index in [1.165, 1.54) is 23.1 Å². The highest BCUT2D eigenvalue weighted by Crippen LogP contribution is 2.46. The van der Waals surface area contributed by atoms with Crippen molar-refractivity contribution in [1.82, 2.24) is 15.2 Å². The predicted molar refractivity (Wildman–Crippen MR) is 138 cm³/mol. The van der Waals surface area contributed by atoms with Crippen LogP contribution in [0.3, 0.4) is 0 Å². The lowest BCUT2D eigenvalue weighted by atomic mass is 9.76. The highest BCUT2D eigenvalue weighted by Gasteiger charge is 2.41. The molecular weight excluding hydrogens is 492 g/mol. The Morgan fingerprint density at radius 3 is 2.78 bits per heavy atom. The van der Waals surface area contributed by atoms with Crippen molar-refractivity contribution in [1.29, 1.82) is 5.26 Å². The summed E-state index contributed by atoms with van der Waals surface area (Å²) >= 11 is 2.59. The number of pyridine rings is 1. The van der Waals surface area contributed by atoms with Crippen molar-refractivity contribution in [2.24, 2.45) is 5.73 Å². The second-order valence-electron chi connectivity index (χ2n) is 8.53. The van der Waals surface area contributed by atoms with Crippen LogP contribution in [0.4, 0.5) is 5.13 Å². The maximum atomic E-state index is 13.1. The van der Waals surface area contributed by atoms with Crippen LogP contribution < -0.4 is 10.6 Å². The second-order valence-corrected chi connectivity index (χ2v) is 10.7. The van der Waals surface area contributed by atoms with Crippen molar-refractivity contribution in [3.05, 3.63) is 88.1 Å². The van der Waals surface area contributed by atoms with Crippen molar-refractivity contribution in [3.8, 4) is 6.07 Å². The number of benzene rings is 1. The first-order valence-corrected chi connectivity index (χ1v) is 13.2. The summed E-state index contributed by atoms with van der Waals surface area (Å²) in [5, 5.41) is 19.1. The lowest BCUT2D eigenvalue weighted by molar-refractivity contribution is -0.116. The Morgan fingerprint density at radius 2 is 2.06 bits per heavy atom. The number of ketones is 2. The Labute approximate surface area is 216 Å². The summed E-state index contributed by atoms with van der Waals surface area (Å²) in [6, 6.07) is 13.3. The molecule has 1 aromatic carbocycles. The van der Waals surface area contributed by atoms with Crippen LogP contribution in [0.25, 0.3) is 0 Å². The molecule has 36 heavy (non-hydrogen) atoms. The quantitative estimate of drug-likeness (QED) is 0.373. The Kier molecular flexibility index (Phi) is 6.67. The summed E-state index contributed by atoms with van der Waals surface area (Å²) in [5.41, 5.74) is 10.7. The Morgan fingerprint density at radius 1 is 1.25 bits per heavy atom. The molecule has 2 aromatic heterocycles. The summed E-state index contributed by atoms with van der Waals surface area (Å²) in [6.07, 6.45) is 5.06. The van der Waals surface area contributed by atoms with Crippen molar-refractivity contribution >= 4 is 39.8 Å². The van der Waals surface area contributed by atoms with Crippen LogP contribution in [0.1, 0.15) is 46.7 Å². The van der Waals surface area contributed by atoms with E-state index in [2.05, 4.69) is 21.3 Å². The van der Waals surface area contributed by atoms with E-state index in [0.717, 1.165) is 16.8 Å². The molecule has 3 heterocycles. The topological polar surface area (TPSA) is 126 Å². The van der Waals surface area contributed by atoms with Crippen molar-refractivity contribution in [2.45, 2.75) is 36.4 Å². The van der Waals surface area contributed by atoms with E-state index in [-0.39, 0.29) is 28.7 Å². The number of carbonyl (C=O) groups is 2. The zero-order valence-electron chi connectivity index (χ0n) is 19.5. The molecule has 3 aromatic rings. The zero-order valence-corrected chi connectivity index (χ0v) is 21.1. The monoisotopic (exact) mass is 514 g/mol. The smallest absolute Gasteiger partial charge is 0.219 e. The molecule has 2 N–H and O–H groups in total. The van der Waals surface area contributed by atoms with Crippen LogP contribution in [0.2, 0.25) is 0 Å². The summed E-state index contributed by atoms with van der Waals surface area (Å²) < 4.78 is 0.607. The first kappa shape index (κ1) is 23.9. The average Bonchev–Trinajstić information content (AvgIpc) is 3.36. The molecule has 0 amide bonds. The molecule has 1 unspecified atom stereocenters. The van der Waals surface area contributed by atoms with Gasteiger partial charge in [-0.2, -0.15) is 5.26 Å². The minimum absolute atomic E-state index is 0.00170. The molecule has 0 fully saturated rings. The highest BCUT2D eigenvalue weighted by molar-refractivity contribution is 8.01. The van der Waals surface area contributed by atoms with Crippen LogP contribution in [0.15, 0.2) is 75.8 Å². The molecule has 1 atom stereocenters. The van der Waals surface area contributed by atoms with Crippen LogP contribution in [0.5, 0.6) is 0 Å². The van der Waals surface area contributed by atoms with Crippen molar-refractivity contribution < 1.29 is 9.59 Å². The fourth-order valence-corrected chi connectivity index (χ4v) is 6.26. The van der Waals surface area contributed by atoms with Gasteiger partial charge in [-0.15, -0.1) is 10.2 Å². The van der Waals surface area contributed by atoms with Gasteiger partial charge in [0, 0.05) is 35.6 Å². The zero-order chi connectivity index (χ0) is 25.2. The minimum Gasteiger partial charge on any atom is -0.384 e. The molecule has 0 radical (unpaired) electrons. The van der Waals surface area contributed by atoms with Gasteiger partial charge in [0.2, 0.25) is 5.13 Å². The number of rotatable bonds is 6. The third-order valence-corrected chi connectivity index (χ3v) is 8.26. The van der Waals surface area contributed by atoms with E-state index < -0.39 is 5.92 Å². The highest BCUT2D eigenvalue weighted by atomic mass is 32.2. The normalized spacial score (nSPS) is 17.7. The average molecular weight is 515 g/mol. The minimum atomic E-state index is -0.559. The fourth-order valence-electron chi connectivity index (χ4n) is 4.49. The number of carbonyl (C=O) groups excluding carboxylic acids is 2. The molecule has 1 aliphatic carbocycles. The number of allylic oxidation sites excluding steroid dienone is 3. The number of hydrogen-bond acceptors (Lipinski definition) is 10. The number of nitrogens with zero attached hydrogens (tertiary/aromatic N) is 5. The fraction of sp³-hybridized carbons (Fsp3) is 0.231. The standard InChI is InChI=1S/C26H22N6O2S2/c1-15-7-9-16(10-8-15)21(34)14-35-26-31-30-25(36-26)32-19-5-2-6-20(33)23(19)22(18(12-27)24(32)28)17-4-3-11-29-13-17/h3-4,7-11,13,22H,2,5-6,14,28H2,1H3. The van der Waals surface area contributed by atoms with Gasteiger partial charge in [0.15, 0.2) is 15.9 Å². The maximum absolute atomic E-state index is 13.1. The van der Waals surface area contributed by atoms with Gasteiger partial charge in [0.25, 0.3) is 0 Å². The van der Waals surface area contributed by atoms with Gasteiger partial charge in [-0.1, -0.05) is 59.0 Å². The Hall–Kier alpha value is -3.81. The molecular formula is C26H22N6O2S2. The van der Waals surface area contributed by atoms with Gasteiger partial charge in [0.05, 0.1) is 23.3 Å². The summed E-state index contributed by atoms with van der Waals surface area (Å²) in [6.45, 7) is 1.98. The molecule has 180 valence electrons. The van der Waals surface area contributed by atoms with E-state index >= 15 is 0 Å². The Bertz CT molecular complexity index is 1440. The molecule has 0 saturated heterocycles. The summed E-state index contributed by atoms with van der Waals surface area (Å²) in [4.78, 5) is 31.6. The van der Waals surface area contributed by atoms with Gasteiger partial charge < -0.3 is 5.73 Å². The van der Waals surface area contributed by atoms with E-state index in [0.29, 0.717) is 39.9 Å². The SMILES string of the molecule is Cc1ccc(C(=O)CSc2nnc(N3C(N)=C(C#N)C(c4cccnc4)C4=C3CCCC4=O)s2)cc1. The van der Waals surface area contributed by atoms with Gasteiger partial charge in [-0.3, -0.25) is 19.5 Å². The second kappa shape index (κ2) is 10.0. The van der Waals surface area contributed by atoms with Gasteiger partial charge in [-0.05, 0) is 31.4 Å². The number of Topliss-reactive ketones (excluding diaryl/α,β-unsaturated/α-hetero) is 2. The first-order valence-electron chi connectivity index (χ1n) is 11.4. The number of hydrogen-bond donors (Lipinski definition) is 1. The van der Waals surface area contributed by atoms with E-state index in [4.69, 9.17) is 5.73 Å². The van der Waals surface area contributed by atoms with E-state index in [1.807, 2.05) is 37.3 Å². The number of aromatic nitrogens is 3. The molecule has 0 saturated carbocycles. The molecule has 2 aliphatic rings. The molecule has 8 nitrogen and oxygen atoms in total. The first-order chi connectivity index (χ1) is 17.5. The molecule has 0 bridgehead atoms. The van der Waals surface area contributed by atoms with Crippen LogP contribution >= 0.6 is 23.1 Å². The van der Waals surface area contributed by atoms with Crippen LogP contribution in [0, 0.1) is 18.3 Å². The van der Waals surface area contributed by atoms with Crippen LogP contribution in [-0.4, -0.2) is 32.5 Å². The number of anilines is 1. The summed E-state index contributed by atoms with van der Waals surface area (Å²) in [7, 11) is 0. The number of thioether (sulfide) groups is 1. The van der Waals surface area contributed by atoms with E-state index in [9.17, 15) is 14.9 Å². The van der Waals surface area contributed by atoms with Crippen LogP contribution in [-0.2, 0) is 4.79 Å².